The zero-order valence-electron chi connectivity index (χ0n) is 16.2. The van der Waals surface area contributed by atoms with E-state index in [2.05, 4.69) is 13.8 Å². The SMILES string of the molecule is CC(C)CCCCCCCCCCOCCCN(C)CC(O)O.Cl. The Hall–Kier alpha value is 0.130. The van der Waals surface area contributed by atoms with Crippen LogP contribution < -0.4 is 0 Å². The molecular weight excluding hydrogens is 326 g/mol. The van der Waals surface area contributed by atoms with Crippen molar-refractivity contribution < 1.29 is 14.9 Å². The Morgan fingerprint density at radius 1 is 0.792 bits per heavy atom. The van der Waals surface area contributed by atoms with Crippen molar-refractivity contribution >= 4 is 12.4 Å². The van der Waals surface area contributed by atoms with Crippen molar-refractivity contribution in [2.45, 2.75) is 84.3 Å². The maximum Gasteiger partial charge on any atom is 0.164 e. The summed E-state index contributed by atoms with van der Waals surface area (Å²) in [6, 6.07) is 0. The molecule has 0 radical (unpaired) electrons. The van der Waals surface area contributed by atoms with Crippen molar-refractivity contribution in [2.75, 3.05) is 33.4 Å². The summed E-state index contributed by atoms with van der Waals surface area (Å²) in [4.78, 5) is 1.91. The number of aliphatic hydroxyl groups excluding tert-OH is 1. The van der Waals surface area contributed by atoms with Crippen molar-refractivity contribution in [1.82, 2.24) is 4.90 Å². The van der Waals surface area contributed by atoms with Crippen LogP contribution in [0.5, 0.6) is 0 Å². The predicted molar refractivity (Wildman–Crippen MR) is 105 cm³/mol. The lowest BCUT2D eigenvalue weighted by atomic mass is 10.0. The molecule has 0 saturated heterocycles. The molecule has 5 heteroatoms. The lowest BCUT2D eigenvalue weighted by Gasteiger charge is -2.17. The normalized spacial score (nSPS) is 11.5. The molecular formula is C19H42ClNO3. The Morgan fingerprint density at radius 2 is 1.29 bits per heavy atom. The first-order valence-electron chi connectivity index (χ1n) is 9.64. The highest BCUT2D eigenvalue weighted by atomic mass is 35.5. The van der Waals surface area contributed by atoms with Gasteiger partial charge in [0.25, 0.3) is 0 Å². The number of nitrogens with zero attached hydrogens (tertiary/aromatic N) is 1. The van der Waals surface area contributed by atoms with E-state index in [4.69, 9.17) is 14.9 Å². The second-order valence-corrected chi connectivity index (χ2v) is 7.22. The number of halogens is 1. The number of hydrogen-bond acceptors (Lipinski definition) is 4. The highest BCUT2D eigenvalue weighted by Gasteiger charge is 2.03. The summed E-state index contributed by atoms with van der Waals surface area (Å²) >= 11 is 0. The molecule has 0 atom stereocenters. The van der Waals surface area contributed by atoms with E-state index in [-0.39, 0.29) is 12.4 Å². The summed E-state index contributed by atoms with van der Waals surface area (Å²) in [6.45, 7) is 7.38. The summed E-state index contributed by atoms with van der Waals surface area (Å²) in [6.07, 6.45) is 11.8. The van der Waals surface area contributed by atoms with Crippen molar-refractivity contribution in [3.63, 3.8) is 0 Å². The van der Waals surface area contributed by atoms with Crippen molar-refractivity contribution in [3.05, 3.63) is 0 Å². The fraction of sp³-hybridized carbons (Fsp3) is 1.00. The Bertz CT molecular complexity index is 241. The number of ether oxygens (including phenoxy) is 1. The van der Waals surface area contributed by atoms with Crippen LogP contribution in [0.4, 0.5) is 0 Å². The van der Waals surface area contributed by atoms with Gasteiger partial charge in [-0.05, 0) is 25.8 Å². The van der Waals surface area contributed by atoms with E-state index in [1.807, 2.05) is 11.9 Å². The molecule has 0 aromatic rings. The molecule has 0 spiro atoms. The molecule has 0 heterocycles. The molecule has 0 aliphatic rings. The molecule has 24 heavy (non-hydrogen) atoms. The number of aliphatic hydroxyl groups is 2. The number of hydrogen-bond donors (Lipinski definition) is 2. The van der Waals surface area contributed by atoms with E-state index in [0.717, 1.165) is 32.1 Å². The van der Waals surface area contributed by atoms with Crippen LogP contribution in [-0.4, -0.2) is 54.8 Å². The summed E-state index contributed by atoms with van der Waals surface area (Å²) < 4.78 is 5.62. The van der Waals surface area contributed by atoms with E-state index in [9.17, 15) is 0 Å². The van der Waals surface area contributed by atoms with Crippen LogP contribution in [0.15, 0.2) is 0 Å². The number of unbranched alkanes of at least 4 members (excludes halogenated alkanes) is 7. The smallest absolute Gasteiger partial charge is 0.164 e. The lowest BCUT2D eigenvalue weighted by molar-refractivity contribution is -0.0580. The third-order valence-corrected chi connectivity index (χ3v) is 4.12. The number of rotatable bonds is 17. The predicted octanol–water partition coefficient (Wildman–Crippen LogP) is 4.22. The topological polar surface area (TPSA) is 52.9 Å². The monoisotopic (exact) mass is 367 g/mol. The first kappa shape index (κ1) is 26.4. The first-order chi connectivity index (χ1) is 11.0. The Kier molecular flexibility index (Phi) is 21.4. The molecule has 0 aliphatic heterocycles. The average Bonchev–Trinajstić information content (AvgIpc) is 2.46. The highest BCUT2D eigenvalue weighted by molar-refractivity contribution is 5.85. The minimum Gasteiger partial charge on any atom is -0.381 e. The minimum absolute atomic E-state index is 0. The van der Waals surface area contributed by atoms with Gasteiger partial charge in [0.1, 0.15) is 0 Å². The van der Waals surface area contributed by atoms with E-state index >= 15 is 0 Å². The van der Waals surface area contributed by atoms with Gasteiger partial charge in [0.05, 0.1) is 0 Å². The van der Waals surface area contributed by atoms with Gasteiger partial charge in [-0.1, -0.05) is 65.2 Å². The third-order valence-electron chi connectivity index (χ3n) is 4.12. The van der Waals surface area contributed by atoms with Crippen molar-refractivity contribution in [3.8, 4) is 0 Å². The molecule has 0 unspecified atom stereocenters. The molecule has 0 rings (SSSR count). The average molecular weight is 368 g/mol. The quantitative estimate of drug-likeness (QED) is 0.298. The van der Waals surface area contributed by atoms with Crippen LogP contribution in [-0.2, 0) is 4.74 Å². The maximum absolute atomic E-state index is 8.83. The molecule has 0 bridgehead atoms. The highest BCUT2D eigenvalue weighted by Crippen LogP contribution is 2.12. The van der Waals surface area contributed by atoms with E-state index in [1.54, 1.807) is 0 Å². The number of likely N-dealkylation sites (N-methyl/N-ethyl adjacent to an activating group) is 1. The summed E-state index contributed by atoms with van der Waals surface area (Å²) in [5.41, 5.74) is 0. The fourth-order valence-corrected chi connectivity index (χ4v) is 2.73. The van der Waals surface area contributed by atoms with Crippen molar-refractivity contribution in [1.29, 1.82) is 0 Å². The molecule has 4 nitrogen and oxygen atoms in total. The van der Waals surface area contributed by atoms with Crippen LogP contribution >= 0.6 is 12.4 Å². The van der Waals surface area contributed by atoms with E-state index < -0.39 is 6.29 Å². The molecule has 2 N–H and O–H groups in total. The van der Waals surface area contributed by atoms with Gasteiger partial charge in [-0.25, -0.2) is 0 Å². The standard InChI is InChI=1S/C19H41NO3.ClH/c1-18(2)13-10-8-6-4-5-7-9-11-15-23-16-12-14-20(3)17-19(21)22;/h18-19,21-22H,4-17H2,1-3H3;1H. The van der Waals surface area contributed by atoms with Gasteiger partial charge < -0.3 is 19.8 Å². The Morgan fingerprint density at radius 3 is 1.83 bits per heavy atom. The van der Waals surface area contributed by atoms with Gasteiger partial charge in [-0.3, -0.25) is 0 Å². The second kappa shape index (κ2) is 19.5. The van der Waals surface area contributed by atoms with Gasteiger partial charge in [-0.15, -0.1) is 12.4 Å². The maximum atomic E-state index is 8.83. The van der Waals surface area contributed by atoms with Crippen LogP contribution in [0.3, 0.4) is 0 Å². The molecule has 0 aromatic heterocycles. The first-order valence-corrected chi connectivity index (χ1v) is 9.64. The third kappa shape index (κ3) is 22.1. The molecule has 148 valence electrons. The van der Waals surface area contributed by atoms with Gasteiger partial charge in [0.15, 0.2) is 6.29 Å². The largest absolute Gasteiger partial charge is 0.381 e. The second-order valence-electron chi connectivity index (χ2n) is 7.22. The molecule has 0 saturated carbocycles. The Labute approximate surface area is 156 Å². The molecule has 0 amide bonds. The molecule has 0 aromatic carbocycles. The van der Waals surface area contributed by atoms with E-state index in [1.165, 1.54) is 57.8 Å². The fourth-order valence-electron chi connectivity index (χ4n) is 2.73. The van der Waals surface area contributed by atoms with Gasteiger partial charge >= 0.3 is 0 Å². The van der Waals surface area contributed by atoms with Crippen LogP contribution in [0.2, 0.25) is 0 Å². The van der Waals surface area contributed by atoms with Crippen LogP contribution in [0.1, 0.15) is 78.1 Å². The summed E-state index contributed by atoms with van der Waals surface area (Å²) in [5.74, 6) is 0.858. The van der Waals surface area contributed by atoms with Gasteiger partial charge in [0.2, 0.25) is 0 Å². The zero-order valence-corrected chi connectivity index (χ0v) is 17.0. The molecule has 0 aliphatic carbocycles. The summed E-state index contributed by atoms with van der Waals surface area (Å²) in [7, 11) is 1.89. The van der Waals surface area contributed by atoms with Gasteiger partial charge in [-0.2, -0.15) is 0 Å². The van der Waals surface area contributed by atoms with Crippen LogP contribution in [0, 0.1) is 5.92 Å². The Balaban J connectivity index is 0. The van der Waals surface area contributed by atoms with E-state index in [0.29, 0.717) is 6.54 Å². The zero-order chi connectivity index (χ0) is 17.3. The lowest BCUT2D eigenvalue weighted by Crippen LogP contribution is -2.30. The van der Waals surface area contributed by atoms with Gasteiger partial charge in [0, 0.05) is 26.3 Å². The van der Waals surface area contributed by atoms with Crippen LogP contribution in [0.25, 0.3) is 0 Å². The summed E-state index contributed by atoms with van der Waals surface area (Å²) in [5, 5.41) is 17.7. The molecule has 0 fully saturated rings. The van der Waals surface area contributed by atoms with Crippen molar-refractivity contribution in [2.24, 2.45) is 5.92 Å². The minimum atomic E-state index is -1.24.